The summed E-state index contributed by atoms with van der Waals surface area (Å²) in [6, 6.07) is 12.9. The van der Waals surface area contributed by atoms with E-state index in [9.17, 15) is 0 Å². The standard InChI is InChI=1S/C22H12N8S3/c1-2-16(18-4-6-20(33-18)30-12-28-22-14(30)8-24-10-26-22)31-15(1)17-3-5-19(32-17)29-11-27-21-13(29)7-23-9-25-21/h1-12H. The number of rotatable bonds is 4. The van der Waals surface area contributed by atoms with E-state index in [-0.39, 0.29) is 0 Å². The van der Waals surface area contributed by atoms with Crippen LogP contribution in [0.15, 0.2) is 74.1 Å². The molecule has 8 nitrogen and oxygen atoms in total. The van der Waals surface area contributed by atoms with Crippen LogP contribution in [-0.4, -0.2) is 39.0 Å². The van der Waals surface area contributed by atoms with Crippen LogP contribution < -0.4 is 0 Å². The number of hydrogen-bond donors (Lipinski definition) is 0. The highest BCUT2D eigenvalue weighted by Gasteiger charge is 2.13. The summed E-state index contributed by atoms with van der Waals surface area (Å²) < 4.78 is 4.06. The number of fused-ring (bicyclic) bond motifs is 2. The van der Waals surface area contributed by atoms with Crippen LogP contribution in [0.1, 0.15) is 0 Å². The van der Waals surface area contributed by atoms with E-state index in [1.165, 1.54) is 32.2 Å². The van der Waals surface area contributed by atoms with Crippen LogP contribution in [-0.2, 0) is 0 Å². The Labute approximate surface area is 198 Å². The van der Waals surface area contributed by atoms with Gasteiger partial charge in [-0.15, -0.1) is 34.0 Å². The topological polar surface area (TPSA) is 87.2 Å². The minimum atomic E-state index is 0.698. The predicted octanol–water partition coefficient (Wildman–Crippen LogP) is 5.46. The fraction of sp³-hybridized carbons (Fsp3) is 0. The largest absolute Gasteiger partial charge is 0.287 e. The van der Waals surface area contributed by atoms with Gasteiger partial charge in [-0.25, -0.2) is 29.9 Å². The molecule has 11 heteroatoms. The molecular formula is C22H12N8S3. The van der Waals surface area contributed by atoms with Gasteiger partial charge in [0.1, 0.15) is 46.3 Å². The van der Waals surface area contributed by atoms with Crippen molar-refractivity contribution in [3.05, 3.63) is 74.1 Å². The Morgan fingerprint density at radius 1 is 0.515 bits per heavy atom. The van der Waals surface area contributed by atoms with E-state index in [0.29, 0.717) is 11.3 Å². The Morgan fingerprint density at radius 2 is 0.970 bits per heavy atom. The van der Waals surface area contributed by atoms with Gasteiger partial charge in [0, 0.05) is 19.5 Å². The van der Waals surface area contributed by atoms with Gasteiger partial charge in [0.2, 0.25) is 0 Å². The van der Waals surface area contributed by atoms with Gasteiger partial charge in [-0.05, 0) is 36.4 Å². The highest BCUT2D eigenvalue weighted by Crippen LogP contribution is 2.41. The smallest absolute Gasteiger partial charge is 0.181 e. The van der Waals surface area contributed by atoms with E-state index >= 15 is 0 Å². The third-order valence-corrected chi connectivity index (χ3v) is 8.85. The Balaban J connectivity index is 1.20. The first-order valence-corrected chi connectivity index (χ1v) is 12.4. The molecule has 7 aromatic heterocycles. The first kappa shape index (κ1) is 18.7. The second-order valence-electron chi connectivity index (χ2n) is 7.13. The monoisotopic (exact) mass is 484 g/mol. The van der Waals surface area contributed by atoms with Crippen LogP contribution in [0.25, 0.3) is 51.8 Å². The van der Waals surface area contributed by atoms with Crippen molar-refractivity contribution in [2.75, 3.05) is 0 Å². The first-order valence-electron chi connectivity index (χ1n) is 9.90. The van der Waals surface area contributed by atoms with E-state index in [2.05, 4.69) is 66.3 Å². The van der Waals surface area contributed by atoms with Crippen molar-refractivity contribution < 1.29 is 0 Å². The highest BCUT2D eigenvalue weighted by molar-refractivity contribution is 7.27. The maximum absolute atomic E-state index is 4.37. The zero-order valence-electron chi connectivity index (χ0n) is 16.7. The van der Waals surface area contributed by atoms with Gasteiger partial charge in [-0.3, -0.25) is 9.13 Å². The molecule has 0 unspecified atom stereocenters. The van der Waals surface area contributed by atoms with Gasteiger partial charge in [0.25, 0.3) is 0 Å². The molecule has 158 valence electrons. The lowest BCUT2D eigenvalue weighted by Gasteiger charge is -1.98. The van der Waals surface area contributed by atoms with Crippen LogP contribution in [0.4, 0.5) is 0 Å². The first-order chi connectivity index (χ1) is 16.3. The lowest BCUT2D eigenvalue weighted by molar-refractivity contribution is 1.12. The molecule has 0 N–H and O–H groups in total. The van der Waals surface area contributed by atoms with Crippen molar-refractivity contribution >= 4 is 56.3 Å². The third kappa shape index (κ3) is 3.09. The quantitative estimate of drug-likeness (QED) is 0.330. The van der Waals surface area contributed by atoms with Crippen LogP contribution in [0.5, 0.6) is 0 Å². The van der Waals surface area contributed by atoms with Crippen LogP contribution in [0.2, 0.25) is 0 Å². The Kier molecular flexibility index (Phi) is 4.19. The van der Waals surface area contributed by atoms with E-state index in [1.807, 2.05) is 9.13 Å². The van der Waals surface area contributed by atoms with Gasteiger partial charge in [-0.2, -0.15) is 0 Å². The van der Waals surface area contributed by atoms with Gasteiger partial charge < -0.3 is 0 Å². The number of imidazole rings is 2. The SMILES string of the molecule is c1ncc2c(n1)ncn2-c1ccc(-c2ccc(-c3ccc(-n4cnc5ncncc54)s3)s2)s1. The molecule has 0 saturated carbocycles. The summed E-state index contributed by atoms with van der Waals surface area (Å²) in [4.78, 5) is 30.4. The molecule has 7 aromatic rings. The Hall–Kier alpha value is -3.80. The summed E-state index contributed by atoms with van der Waals surface area (Å²) in [6.07, 6.45) is 10.2. The van der Waals surface area contributed by atoms with Gasteiger partial charge in [0.05, 0.1) is 12.4 Å². The normalized spacial score (nSPS) is 11.6. The number of thiophene rings is 3. The third-order valence-electron chi connectivity index (χ3n) is 5.21. The van der Waals surface area contributed by atoms with E-state index in [0.717, 1.165) is 21.0 Å². The second-order valence-corrected chi connectivity index (χ2v) is 10.3. The summed E-state index contributed by atoms with van der Waals surface area (Å²) in [5, 5.41) is 2.18. The minimum absolute atomic E-state index is 0.698. The second kappa shape index (κ2) is 7.37. The molecule has 0 atom stereocenters. The van der Waals surface area contributed by atoms with Crippen molar-refractivity contribution in [3.8, 4) is 29.5 Å². The lowest BCUT2D eigenvalue weighted by atomic mass is 10.3. The fourth-order valence-corrected chi connectivity index (χ4v) is 6.82. The van der Waals surface area contributed by atoms with Crippen LogP contribution in [0, 0.1) is 0 Å². The van der Waals surface area contributed by atoms with Crippen molar-refractivity contribution in [3.63, 3.8) is 0 Å². The van der Waals surface area contributed by atoms with Gasteiger partial charge in [0.15, 0.2) is 11.3 Å². The molecule has 33 heavy (non-hydrogen) atoms. The molecule has 0 aromatic carbocycles. The Bertz CT molecular complexity index is 1620. The zero-order valence-corrected chi connectivity index (χ0v) is 19.2. The fourth-order valence-electron chi connectivity index (χ4n) is 3.65. The summed E-state index contributed by atoms with van der Waals surface area (Å²) in [5.41, 5.74) is 3.20. The molecule has 0 aliphatic carbocycles. The maximum atomic E-state index is 4.37. The molecule has 0 aliphatic heterocycles. The molecule has 0 fully saturated rings. The van der Waals surface area contributed by atoms with E-state index in [4.69, 9.17) is 0 Å². The number of aromatic nitrogens is 8. The molecule has 0 amide bonds. The van der Waals surface area contributed by atoms with Crippen molar-refractivity contribution in [2.24, 2.45) is 0 Å². The number of nitrogens with zero attached hydrogens (tertiary/aromatic N) is 8. The van der Waals surface area contributed by atoms with Crippen molar-refractivity contribution in [1.82, 2.24) is 39.0 Å². The summed E-state index contributed by atoms with van der Waals surface area (Å²) in [5.74, 6) is 0. The van der Waals surface area contributed by atoms with E-state index in [1.54, 1.807) is 59.1 Å². The molecule has 0 aliphatic rings. The average Bonchev–Trinajstić information content (AvgIpc) is 3.65. The number of hydrogen-bond acceptors (Lipinski definition) is 9. The van der Waals surface area contributed by atoms with Gasteiger partial charge in [-0.1, -0.05) is 0 Å². The summed E-state index contributed by atoms with van der Waals surface area (Å²) in [6.45, 7) is 0. The average molecular weight is 485 g/mol. The van der Waals surface area contributed by atoms with Crippen molar-refractivity contribution in [1.29, 1.82) is 0 Å². The zero-order chi connectivity index (χ0) is 21.8. The van der Waals surface area contributed by atoms with Gasteiger partial charge >= 0.3 is 0 Å². The molecule has 0 bridgehead atoms. The summed E-state index contributed by atoms with van der Waals surface area (Å²) in [7, 11) is 0. The molecular weight excluding hydrogens is 472 g/mol. The highest BCUT2D eigenvalue weighted by atomic mass is 32.1. The molecule has 0 spiro atoms. The predicted molar refractivity (Wildman–Crippen MR) is 131 cm³/mol. The van der Waals surface area contributed by atoms with Crippen LogP contribution >= 0.6 is 34.0 Å². The lowest BCUT2D eigenvalue weighted by Crippen LogP contribution is -1.88. The maximum Gasteiger partial charge on any atom is 0.181 e. The molecule has 0 radical (unpaired) electrons. The molecule has 7 rings (SSSR count). The molecule has 0 saturated heterocycles. The minimum Gasteiger partial charge on any atom is -0.287 e. The summed E-state index contributed by atoms with van der Waals surface area (Å²) >= 11 is 5.24. The molecule has 7 heterocycles. The van der Waals surface area contributed by atoms with Crippen molar-refractivity contribution in [2.45, 2.75) is 0 Å². The van der Waals surface area contributed by atoms with E-state index < -0.39 is 0 Å². The Morgan fingerprint density at radius 3 is 1.48 bits per heavy atom. The van der Waals surface area contributed by atoms with Crippen LogP contribution in [0.3, 0.4) is 0 Å².